The predicted molar refractivity (Wildman–Crippen MR) is 98.6 cm³/mol. The first-order chi connectivity index (χ1) is 11.6. The predicted octanol–water partition coefficient (Wildman–Crippen LogP) is 4.13. The Bertz CT molecular complexity index is 719. The highest BCUT2D eigenvalue weighted by Crippen LogP contribution is 2.16. The molecule has 6 heteroatoms. The summed E-state index contributed by atoms with van der Waals surface area (Å²) in [6.45, 7) is 2.06. The molecule has 0 aliphatic heterocycles. The Hall–Kier alpha value is -2.53. The van der Waals surface area contributed by atoms with Crippen LogP contribution >= 0.6 is 11.6 Å². The van der Waals surface area contributed by atoms with Crippen molar-refractivity contribution < 1.29 is 9.59 Å². The van der Waals surface area contributed by atoms with Gasteiger partial charge in [-0.05, 0) is 42.8 Å². The van der Waals surface area contributed by atoms with Crippen molar-refractivity contribution in [3.8, 4) is 0 Å². The average molecular weight is 346 g/mol. The van der Waals surface area contributed by atoms with Gasteiger partial charge in [-0.1, -0.05) is 30.7 Å². The second-order valence-corrected chi connectivity index (χ2v) is 5.73. The van der Waals surface area contributed by atoms with Crippen molar-refractivity contribution in [3.63, 3.8) is 0 Å². The summed E-state index contributed by atoms with van der Waals surface area (Å²) in [6.07, 6.45) is 1.28. The maximum Gasteiger partial charge on any atom is 0.243 e. The van der Waals surface area contributed by atoms with E-state index in [1.807, 2.05) is 25.1 Å². The highest BCUT2D eigenvalue weighted by molar-refractivity contribution is 6.30. The van der Waals surface area contributed by atoms with E-state index in [4.69, 9.17) is 11.6 Å². The van der Waals surface area contributed by atoms with Gasteiger partial charge in [-0.25, -0.2) is 0 Å². The Morgan fingerprint density at radius 2 is 1.54 bits per heavy atom. The van der Waals surface area contributed by atoms with E-state index < -0.39 is 0 Å². The number of rotatable bonds is 7. The average Bonchev–Trinajstić information content (AvgIpc) is 2.53. The third kappa shape index (κ3) is 5.93. The third-order valence-electron chi connectivity index (χ3n) is 3.18. The monoisotopic (exact) mass is 345 g/mol. The van der Waals surface area contributed by atoms with Gasteiger partial charge in [-0.2, -0.15) is 0 Å². The minimum Gasteiger partial charge on any atom is -0.376 e. The van der Waals surface area contributed by atoms with Gasteiger partial charge in [0.15, 0.2) is 0 Å². The topological polar surface area (TPSA) is 70.2 Å². The largest absolute Gasteiger partial charge is 0.376 e. The second-order valence-electron chi connectivity index (χ2n) is 5.29. The van der Waals surface area contributed by atoms with Crippen LogP contribution in [0.3, 0.4) is 0 Å². The van der Waals surface area contributed by atoms with Gasteiger partial charge in [-0.15, -0.1) is 0 Å². The first-order valence-corrected chi connectivity index (χ1v) is 8.14. The molecule has 0 aromatic heterocycles. The van der Waals surface area contributed by atoms with E-state index in [1.54, 1.807) is 30.3 Å². The van der Waals surface area contributed by atoms with Crippen molar-refractivity contribution in [3.05, 3.63) is 53.6 Å². The third-order valence-corrected chi connectivity index (χ3v) is 3.42. The van der Waals surface area contributed by atoms with Gasteiger partial charge in [0.1, 0.15) is 0 Å². The maximum absolute atomic E-state index is 12.0. The summed E-state index contributed by atoms with van der Waals surface area (Å²) in [6, 6.07) is 14.2. The van der Waals surface area contributed by atoms with Gasteiger partial charge in [0.2, 0.25) is 11.8 Å². The molecule has 0 heterocycles. The van der Waals surface area contributed by atoms with Crippen molar-refractivity contribution >= 4 is 40.5 Å². The fraction of sp³-hybridized carbons (Fsp3) is 0.222. The number of nitrogens with one attached hydrogen (secondary N) is 3. The molecule has 0 spiro atoms. The molecule has 0 aliphatic rings. The first kappa shape index (κ1) is 17.8. The van der Waals surface area contributed by atoms with Crippen molar-refractivity contribution in [2.24, 2.45) is 0 Å². The summed E-state index contributed by atoms with van der Waals surface area (Å²) in [5, 5.41) is 9.18. The Balaban J connectivity index is 1.87. The Labute approximate surface area is 146 Å². The number of benzene rings is 2. The Kier molecular flexibility index (Phi) is 6.63. The van der Waals surface area contributed by atoms with Crippen molar-refractivity contribution in [2.45, 2.75) is 19.8 Å². The lowest BCUT2D eigenvalue weighted by Crippen LogP contribution is -2.21. The number of carbonyl (C=O) groups is 2. The molecule has 0 atom stereocenters. The molecule has 3 N–H and O–H groups in total. The van der Waals surface area contributed by atoms with E-state index in [2.05, 4.69) is 16.0 Å². The molecule has 0 fully saturated rings. The summed E-state index contributed by atoms with van der Waals surface area (Å²) in [5.41, 5.74) is 2.11. The van der Waals surface area contributed by atoms with Crippen LogP contribution in [-0.4, -0.2) is 18.4 Å². The zero-order valence-electron chi connectivity index (χ0n) is 13.4. The van der Waals surface area contributed by atoms with Crippen LogP contribution in [0.1, 0.15) is 19.8 Å². The van der Waals surface area contributed by atoms with Crippen molar-refractivity contribution in [1.29, 1.82) is 0 Å². The molecule has 5 nitrogen and oxygen atoms in total. The molecule has 0 bridgehead atoms. The molecule has 0 aliphatic carbocycles. The molecule has 2 aromatic carbocycles. The fourth-order valence-corrected chi connectivity index (χ4v) is 2.30. The zero-order valence-corrected chi connectivity index (χ0v) is 14.2. The molecule has 2 aromatic rings. The van der Waals surface area contributed by atoms with Crippen LogP contribution in [0.2, 0.25) is 5.02 Å². The van der Waals surface area contributed by atoms with E-state index in [0.717, 1.165) is 12.1 Å². The summed E-state index contributed by atoms with van der Waals surface area (Å²) in [5.74, 6) is -0.203. The Morgan fingerprint density at radius 1 is 0.917 bits per heavy atom. The number of carbonyl (C=O) groups excluding carboxylic acids is 2. The van der Waals surface area contributed by atoms with E-state index in [-0.39, 0.29) is 18.4 Å². The molecule has 2 amide bonds. The number of hydrogen-bond acceptors (Lipinski definition) is 3. The highest BCUT2D eigenvalue weighted by Gasteiger charge is 2.04. The van der Waals surface area contributed by atoms with E-state index >= 15 is 0 Å². The minimum absolute atomic E-state index is 0.0200. The quantitative estimate of drug-likeness (QED) is 0.706. The molecule has 0 saturated heterocycles. The molecular formula is C18H20ClN3O2. The number of amides is 2. The van der Waals surface area contributed by atoms with Crippen LogP contribution < -0.4 is 16.0 Å². The minimum atomic E-state index is -0.183. The van der Waals surface area contributed by atoms with Gasteiger partial charge in [-0.3, -0.25) is 9.59 Å². The van der Waals surface area contributed by atoms with Crippen molar-refractivity contribution in [1.82, 2.24) is 0 Å². The smallest absolute Gasteiger partial charge is 0.243 e. The summed E-state index contributed by atoms with van der Waals surface area (Å²) in [4.78, 5) is 23.6. The number of hydrogen-bond donors (Lipinski definition) is 3. The van der Waals surface area contributed by atoms with E-state index in [1.165, 1.54) is 0 Å². The van der Waals surface area contributed by atoms with Gasteiger partial charge < -0.3 is 16.0 Å². The Morgan fingerprint density at radius 3 is 2.25 bits per heavy atom. The second kappa shape index (κ2) is 8.93. The van der Waals surface area contributed by atoms with Gasteiger partial charge in [0.25, 0.3) is 0 Å². The van der Waals surface area contributed by atoms with Gasteiger partial charge >= 0.3 is 0 Å². The summed E-state index contributed by atoms with van der Waals surface area (Å²) < 4.78 is 0. The standard InChI is InChI=1S/C18H20ClN3O2/c1-2-5-17(23)21-16-9-4-7-14(11-16)20-12-18(24)22-15-8-3-6-13(19)10-15/h3-4,6-11,20H,2,5,12H2,1H3,(H,21,23)(H,22,24). The summed E-state index contributed by atoms with van der Waals surface area (Å²) >= 11 is 5.88. The maximum atomic E-state index is 12.0. The van der Waals surface area contributed by atoms with Crippen LogP contribution in [0.25, 0.3) is 0 Å². The van der Waals surface area contributed by atoms with Crippen LogP contribution in [0.15, 0.2) is 48.5 Å². The first-order valence-electron chi connectivity index (χ1n) is 7.76. The lowest BCUT2D eigenvalue weighted by Gasteiger charge is -2.10. The highest BCUT2D eigenvalue weighted by atomic mass is 35.5. The number of halogens is 1. The van der Waals surface area contributed by atoms with Gasteiger partial charge in [0, 0.05) is 28.5 Å². The molecule has 24 heavy (non-hydrogen) atoms. The van der Waals surface area contributed by atoms with Crippen LogP contribution in [-0.2, 0) is 9.59 Å². The van der Waals surface area contributed by atoms with E-state index in [0.29, 0.717) is 22.8 Å². The van der Waals surface area contributed by atoms with E-state index in [9.17, 15) is 9.59 Å². The van der Waals surface area contributed by atoms with Gasteiger partial charge in [0.05, 0.1) is 6.54 Å². The fourth-order valence-electron chi connectivity index (χ4n) is 2.11. The lowest BCUT2D eigenvalue weighted by molar-refractivity contribution is -0.116. The molecular weight excluding hydrogens is 326 g/mol. The van der Waals surface area contributed by atoms with Crippen LogP contribution in [0, 0.1) is 0 Å². The molecule has 0 unspecified atom stereocenters. The molecule has 0 saturated carbocycles. The van der Waals surface area contributed by atoms with Crippen molar-refractivity contribution in [2.75, 3.05) is 22.5 Å². The lowest BCUT2D eigenvalue weighted by atomic mass is 10.2. The molecule has 126 valence electrons. The number of anilines is 3. The molecule has 2 rings (SSSR count). The molecule has 0 radical (unpaired) electrons. The van der Waals surface area contributed by atoms with Crippen LogP contribution in [0.5, 0.6) is 0 Å². The normalized spacial score (nSPS) is 10.1. The summed E-state index contributed by atoms with van der Waals surface area (Å²) in [7, 11) is 0. The zero-order chi connectivity index (χ0) is 17.4. The SMILES string of the molecule is CCCC(=O)Nc1cccc(NCC(=O)Nc2cccc(Cl)c2)c1. The van der Waals surface area contributed by atoms with Crippen LogP contribution in [0.4, 0.5) is 17.1 Å².